The van der Waals surface area contributed by atoms with Crippen LogP contribution in [0.2, 0.25) is 0 Å². The summed E-state index contributed by atoms with van der Waals surface area (Å²) >= 11 is 5.10. The Labute approximate surface area is 144 Å². The second kappa shape index (κ2) is 8.73. The predicted octanol–water partition coefficient (Wildman–Crippen LogP) is 2.61. The Morgan fingerprint density at radius 2 is 1.96 bits per heavy atom. The zero-order valence-corrected chi connectivity index (χ0v) is 13.8. The third-order valence-electron chi connectivity index (χ3n) is 3.10. The fourth-order valence-electron chi connectivity index (χ4n) is 1.89. The van der Waals surface area contributed by atoms with Crippen molar-refractivity contribution in [1.29, 1.82) is 0 Å². The molecule has 2 N–H and O–H groups in total. The lowest BCUT2D eigenvalue weighted by molar-refractivity contribution is 0.0600. The van der Waals surface area contributed by atoms with Gasteiger partial charge in [-0.15, -0.1) is 0 Å². The van der Waals surface area contributed by atoms with Gasteiger partial charge < -0.3 is 10.1 Å². The van der Waals surface area contributed by atoms with Crippen molar-refractivity contribution in [2.24, 2.45) is 5.10 Å². The summed E-state index contributed by atoms with van der Waals surface area (Å²) in [5.41, 5.74) is 4.57. The number of rotatable bonds is 5. The van der Waals surface area contributed by atoms with Crippen LogP contribution in [0.25, 0.3) is 0 Å². The first kappa shape index (κ1) is 17.6. The number of thiocarbonyl (C=S) groups is 1. The molecule has 24 heavy (non-hydrogen) atoms. The standard InChI is InChI=1S/C17H16FN3O2S/c1-23-16(22)15-5-3-2-4-13(15)11-20-21-17(24)19-10-12-6-8-14(18)9-7-12/h2-9,11H,10H2,1H3,(H2,19,21,24)/b20-11-. The van der Waals surface area contributed by atoms with Crippen molar-refractivity contribution in [3.63, 3.8) is 0 Å². The topological polar surface area (TPSA) is 62.7 Å². The molecule has 0 radical (unpaired) electrons. The monoisotopic (exact) mass is 345 g/mol. The van der Waals surface area contributed by atoms with E-state index in [2.05, 4.69) is 15.8 Å². The van der Waals surface area contributed by atoms with Gasteiger partial charge in [-0.2, -0.15) is 5.10 Å². The molecule has 0 aromatic heterocycles. The molecule has 0 bridgehead atoms. The lowest BCUT2D eigenvalue weighted by Gasteiger charge is -2.07. The zero-order chi connectivity index (χ0) is 17.4. The summed E-state index contributed by atoms with van der Waals surface area (Å²) in [4.78, 5) is 11.6. The van der Waals surface area contributed by atoms with Crippen LogP contribution < -0.4 is 10.7 Å². The minimum atomic E-state index is -0.436. The number of esters is 1. The van der Waals surface area contributed by atoms with Crippen molar-refractivity contribution in [2.75, 3.05) is 7.11 Å². The smallest absolute Gasteiger partial charge is 0.338 e. The molecule has 0 aliphatic heterocycles. The van der Waals surface area contributed by atoms with Crippen molar-refractivity contribution in [3.05, 3.63) is 71.0 Å². The van der Waals surface area contributed by atoms with E-state index in [1.165, 1.54) is 25.5 Å². The Bertz CT molecular complexity index is 748. The first-order valence-electron chi connectivity index (χ1n) is 7.09. The molecule has 0 atom stereocenters. The third kappa shape index (κ3) is 5.13. The fourth-order valence-corrected chi connectivity index (χ4v) is 2.01. The van der Waals surface area contributed by atoms with E-state index in [-0.39, 0.29) is 5.82 Å². The third-order valence-corrected chi connectivity index (χ3v) is 3.34. The summed E-state index contributed by atoms with van der Waals surface area (Å²) in [6.45, 7) is 0.445. The molecule has 0 fully saturated rings. The number of carbonyl (C=O) groups is 1. The van der Waals surface area contributed by atoms with E-state index in [1.54, 1.807) is 36.4 Å². The van der Waals surface area contributed by atoms with Crippen LogP contribution in [0.4, 0.5) is 4.39 Å². The molecule has 0 heterocycles. The van der Waals surface area contributed by atoms with E-state index < -0.39 is 5.97 Å². The molecule has 0 saturated carbocycles. The van der Waals surface area contributed by atoms with Crippen LogP contribution in [0, 0.1) is 5.82 Å². The van der Waals surface area contributed by atoms with Crippen LogP contribution in [-0.2, 0) is 11.3 Å². The lowest BCUT2D eigenvalue weighted by atomic mass is 10.1. The van der Waals surface area contributed by atoms with E-state index in [0.717, 1.165) is 5.56 Å². The van der Waals surface area contributed by atoms with Crippen molar-refractivity contribution in [2.45, 2.75) is 6.54 Å². The number of ether oxygens (including phenoxy) is 1. The molecule has 2 aromatic rings. The van der Waals surface area contributed by atoms with E-state index in [9.17, 15) is 9.18 Å². The minimum absolute atomic E-state index is 0.284. The summed E-state index contributed by atoms with van der Waals surface area (Å²) in [5, 5.41) is 7.26. The molecule has 0 spiro atoms. The Kier molecular flexibility index (Phi) is 6.39. The number of hydrogen-bond acceptors (Lipinski definition) is 4. The summed E-state index contributed by atoms with van der Waals surface area (Å²) in [7, 11) is 1.32. The highest BCUT2D eigenvalue weighted by Crippen LogP contribution is 2.07. The average molecular weight is 345 g/mol. The van der Waals surface area contributed by atoms with Gasteiger partial charge in [-0.1, -0.05) is 30.3 Å². The molecular formula is C17H16FN3O2S. The van der Waals surface area contributed by atoms with Crippen LogP contribution in [0.15, 0.2) is 53.6 Å². The van der Waals surface area contributed by atoms with Crippen LogP contribution in [0.5, 0.6) is 0 Å². The van der Waals surface area contributed by atoms with E-state index in [4.69, 9.17) is 17.0 Å². The number of carbonyl (C=O) groups excluding carboxylic acids is 1. The van der Waals surface area contributed by atoms with Gasteiger partial charge in [0.2, 0.25) is 0 Å². The van der Waals surface area contributed by atoms with Gasteiger partial charge in [-0.3, -0.25) is 5.43 Å². The number of hydrazone groups is 1. The number of methoxy groups -OCH3 is 1. The maximum absolute atomic E-state index is 12.8. The van der Waals surface area contributed by atoms with Gasteiger partial charge in [0.05, 0.1) is 18.9 Å². The van der Waals surface area contributed by atoms with Crippen LogP contribution in [-0.4, -0.2) is 24.4 Å². The molecule has 0 aliphatic rings. The molecule has 124 valence electrons. The molecule has 2 aromatic carbocycles. The molecule has 0 saturated heterocycles. The second-order valence-electron chi connectivity index (χ2n) is 4.76. The van der Waals surface area contributed by atoms with Gasteiger partial charge >= 0.3 is 5.97 Å². The van der Waals surface area contributed by atoms with Crippen LogP contribution in [0.3, 0.4) is 0 Å². The number of nitrogens with zero attached hydrogens (tertiary/aromatic N) is 1. The normalized spacial score (nSPS) is 10.4. The fraction of sp³-hybridized carbons (Fsp3) is 0.118. The molecule has 0 aliphatic carbocycles. The van der Waals surface area contributed by atoms with Crippen LogP contribution >= 0.6 is 12.2 Å². The molecule has 2 rings (SSSR count). The summed E-state index contributed by atoms with van der Waals surface area (Å²) in [5.74, 6) is -0.720. The maximum Gasteiger partial charge on any atom is 0.338 e. The van der Waals surface area contributed by atoms with Gasteiger partial charge in [0.15, 0.2) is 5.11 Å². The summed E-state index contributed by atoms with van der Waals surface area (Å²) in [6, 6.07) is 13.0. The molecule has 5 nitrogen and oxygen atoms in total. The van der Waals surface area contributed by atoms with Crippen LogP contribution in [0.1, 0.15) is 21.5 Å². The van der Waals surface area contributed by atoms with Crippen molar-refractivity contribution < 1.29 is 13.9 Å². The van der Waals surface area contributed by atoms with Gasteiger partial charge in [-0.25, -0.2) is 9.18 Å². The first-order valence-corrected chi connectivity index (χ1v) is 7.49. The Balaban J connectivity index is 1.88. The quantitative estimate of drug-likeness (QED) is 0.377. The molecule has 0 amide bonds. The Morgan fingerprint density at radius 3 is 2.67 bits per heavy atom. The predicted molar refractivity (Wildman–Crippen MR) is 94.3 cm³/mol. The lowest BCUT2D eigenvalue weighted by Crippen LogP contribution is -2.31. The average Bonchev–Trinajstić information content (AvgIpc) is 2.61. The zero-order valence-electron chi connectivity index (χ0n) is 13.0. The molecule has 7 heteroatoms. The molecule has 0 unspecified atom stereocenters. The van der Waals surface area contributed by atoms with Crippen molar-refractivity contribution in [1.82, 2.24) is 10.7 Å². The maximum atomic E-state index is 12.8. The highest BCUT2D eigenvalue weighted by Gasteiger charge is 2.08. The molecular weight excluding hydrogens is 329 g/mol. The highest BCUT2D eigenvalue weighted by atomic mass is 32.1. The largest absolute Gasteiger partial charge is 0.465 e. The number of benzene rings is 2. The first-order chi connectivity index (χ1) is 11.6. The van der Waals surface area contributed by atoms with Crippen molar-refractivity contribution >= 4 is 29.5 Å². The Morgan fingerprint density at radius 1 is 1.25 bits per heavy atom. The summed E-state index contributed by atoms with van der Waals surface area (Å²) < 4.78 is 17.5. The number of hydrogen-bond donors (Lipinski definition) is 2. The number of nitrogens with one attached hydrogen (secondary N) is 2. The van der Waals surface area contributed by atoms with Gasteiger partial charge in [0.25, 0.3) is 0 Å². The Hall–Kier alpha value is -2.80. The second-order valence-corrected chi connectivity index (χ2v) is 5.17. The van der Waals surface area contributed by atoms with Gasteiger partial charge in [0.1, 0.15) is 5.82 Å². The SMILES string of the molecule is COC(=O)c1ccccc1/C=N\NC(=S)NCc1ccc(F)cc1. The highest BCUT2D eigenvalue weighted by molar-refractivity contribution is 7.80. The van der Waals surface area contributed by atoms with Crippen molar-refractivity contribution in [3.8, 4) is 0 Å². The van der Waals surface area contributed by atoms with E-state index in [1.807, 2.05) is 0 Å². The van der Waals surface area contributed by atoms with Gasteiger partial charge in [-0.05, 0) is 36.0 Å². The van der Waals surface area contributed by atoms with Gasteiger partial charge in [0, 0.05) is 12.1 Å². The minimum Gasteiger partial charge on any atom is -0.465 e. The summed E-state index contributed by atoms with van der Waals surface area (Å²) in [6.07, 6.45) is 1.48. The number of halogens is 1. The van der Waals surface area contributed by atoms with E-state index >= 15 is 0 Å². The van der Waals surface area contributed by atoms with E-state index in [0.29, 0.717) is 22.8 Å².